The van der Waals surface area contributed by atoms with Gasteiger partial charge >= 0.3 is 0 Å². The van der Waals surface area contributed by atoms with Gasteiger partial charge in [-0.05, 0) is 18.2 Å². The predicted octanol–water partition coefficient (Wildman–Crippen LogP) is 2.74. The molecule has 0 aliphatic heterocycles. The maximum atomic E-state index is 12.9. The molecule has 0 unspecified atom stereocenters. The summed E-state index contributed by atoms with van der Waals surface area (Å²) in [4.78, 5) is 10.7. The first kappa shape index (κ1) is 13.0. The Balaban J connectivity index is 0.000000686. The fourth-order valence-electron chi connectivity index (χ4n) is 1.21. The molecule has 1 N–H and O–H groups in total. The maximum Gasteiger partial charge on any atom is 0.264 e. The van der Waals surface area contributed by atoms with Gasteiger partial charge in [-0.25, -0.2) is 13.9 Å². The molecule has 2 aromatic rings. The lowest BCUT2D eigenvalue weighted by Gasteiger charge is -1.99. The number of hydrogen-bond donors (Lipinski definition) is 1. The van der Waals surface area contributed by atoms with Crippen LogP contribution in [0.15, 0.2) is 35.1 Å². The summed E-state index contributed by atoms with van der Waals surface area (Å²) in [6.07, 6.45) is 0. The summed E-state index contributed by atoms with van der Waals surface area (Å²) < 4.78 is 25.7. The molecular formula is C12H12F2N2O. The van der Waals surface area contributed by atoms with Crippen molar-refractivity contribution in [1.82, 2.24) is 10.2 Å². The highest BCUT2D eigenvalue weighted by Crippen LogP contribution is 2.17. The molecule has 5 heteroatoms. The van der Waals surface area contributed by atoms with E-state index < -0.39 is 11.6 Å². The van der Waals surface area contributed by atoms with Crippen LogP contribution < -0.4 is 5.56 Å². The molecule has 0 aliphatic carbocycles. The van der Waals surface area contributed by atoms with Crippen LogP contribution >= 0.6 is 0 Å². The molecule has 1 aromatic carbocycles. The Morgan fingerprint density at radius 3 is 2.12 bits per heavy atom. The molecule has 0 atom stereocenters. The van der Waals surface area contributed by atoms with Crippen molar-refractivity contribution in [3.8, 4) is 11.3 Å². The highest BCUT2D eigenvalue weighted by Gasteiger charge is 2.04. The third kappa shape index (κ3) is 3.48. The van der Waals surface area contributed by atoms with Crippen LogP contribution in [0.1, 0.15) is 13.8 Å². The van der Waals surface area contributed by atoms with Crippen molar-refractivity contribution in [3.63, 3.8) is 0 Å². The van der Waals surface area contributed by atoms with Crippen molar-refractivity contribution < 1.29 is 8.78 Å². The van der Waals surface area contributed by atoms with Crippen LogP contribution in [0.5, 0.6) is 0 Å². The molecule has 0 saturated heterocycles. The Hall–Kier alpha value is -2.04. The number of rotatable bonds is 1. The van der Waals surface area contributed by atoms with Gasteiger partial charge in [-0.1, -0.05) is 13.8 Å². The van der Waals surface area contributed by atoms with E-state index in [-0.39, 0.29) is 11.1 Å². The third-order valence-electron chi connectivity index (χ3n) is 1.84. The van der Waals surface area contributed by atoms with E-state index in [9.17, 15) is 13.6 Å². The van der Waals surface area contributed by atoms with E-state index >= 15 is 0 Å². The number of nitrogens with zero attached hydrogens (tertiary/aromatic N) is 1. The van der Waals surface area contributed by atoms with Gasteiger partial charge in [0.05, 0.1) is 5.69 Å². The van der Waals surface area contributed by atoms with E-state index in [0.717, 1.165) is 18.2 Å². The topological polar surface area (TPSA) is 45.8 Å². The van der Waals surface area contributed by atoms with Crippen LogP contribution in [0, 0.1) is 11.6 Å². The molecule has 17 heavy (non-hydrogen) atoms. The molecule has 2 rings (SSSR count). The number of halogens is 2. The molecular weight excluding hydrogens is 226 g/mol. The van der Waals surface area contributed by atoms with E-state index in [4.69, 9.17) is 0 Å². The number of hydrogen-bond acceptors (Lipinski definition) is 2. The molecule has 0 amide bonds. The van der Waals surface area contributed by atoms with Gasteiger partial charge in [0.1, 0.15) is 11.6 Å². The Morgan fingerprint density at radius 1 is 1.06 bits per heavy atom. The smallest absolute Gasteiger partial charge is 0.264 e. The second kappa shape index (κ2) is 5.89. The van der Waals surface area contributed by atoms with Gasteiger partial charge < -0.3 is 0 Å². The van der Waals surface area contributed by atoms with Crippen molar-refractivity contribution in [2.45, 2.75) is 13.8 Å². The van der Waals surface area contributed by atoms with E-state index in [2.05, 4.69) is 10.2 Å². The summed E-state index contributed by atoms with van der Waals surface area (Å²) in [7, 11) is 0. The Bertz CT molecular complexity index is 512. The zero-order chi connectivity index (χ0) is 12.8. The fraction of sp³-hybridized carbons (Fsp3) is 0.167. The van der Waals surface area contributed by atoms with Gasteiger partial charge in [0, 0.05) is 17.7 Å². The zero-order valence-corrected chi connectivity index (χ0v) is 9.50. The van der Waals surface area contributed by atoms with Gasteiger partial charge in [0.25, 0.3) is 5.56 Å². The van der Waals surface area contributed by atoms with E-state index in [0.29, 0.717) is 5.69 Å². The second-order valence-electron chi connectivity index (χ2n) is 2.96. The molecule has 90 valence electrons. The lowest BCUT2D eigenvalue weighted by atomic mass is 10.1. The van der Waals surface area contributed by atoms with Crippen LogP contribution in [0.2, 0.25) is 0 Å². The molecule has 3 nitrogen and oxygen atoms in total. The Labute approximate surface area is 97.1 Å². The summed E-state index contributed by atoms with van der Waals surface area (Å²) in [5, 5.41) is 5.85. The lowest BCUT2D eigenvalue weighted by Crippen LogP contribution is -2.05. The van der Waals surface area contributed by atoms with E-state index in [1.165, 1.54) is 12.1 Å². The molecule has 1 heterocycles. The molecule has 1 aromatic heterocycles. The van der Waals surface area contributed by atoms with Crippen LogP contribution in [0.3, 0.4) is 0 Å². The van der Waals surface area contributed by atoms with Gasteiger partial charge in [0.15, 0.2) is 0 Å². The van der Waals surface area contributed by atoms with Crippen molar-refractivity contribution in [3.05, 3.63) is 52.3 Å². The van der Waals surface area contributed by atoms with Crippen LogP contribution in [-0.2, 0) is 0 Å². The molecule has 0 spiro atoms. The molecule has 0 fully saturated rings. The number of aromatic amines is 1. The number of H-pyrrole nitrogens is 1. The molecule has 0 bridgehead atoms. The third-order valence-corrected chi connectivity index (χ3v) is 1.84. The normalized spacial score (nSPS) is 9.41. The first-order valence-corrected chi connectivity index (χ1v) is 5.17. The zero-order valence-electron chi connectivity index (χ0n) is 9.50. The Morgan fingerprint density at radius 2 is 1.65 bits per heavy atom. The molecule has 0 saturated carbocycles. The highest BCUT2D eigenvalue weighted by atomic mass is 19.1. The van der Waals surface area contributed by atoms with Crippen molar-refractivity contribution >= 4 is 0 Å². The summed E-state index contributed by atoms with van der Waals surface area (Å²) in [5.41, 5.74) is 0.229. The highest BCUT2D eigenvalue weighted by molar-refractivity contribution is 5.58. The second-order valence-corrected chi connectivity index (χ2v) is 2.96. The fourth-order valence-corrected chi connectivity index (χ4v) is 1.21. The maximum absolute atomic E-state index is 12.9. The number of nitrogens with one attached hydrogen (secondary N) is 1. The lowest BCUT2D eigenvalue weighted by molar-refractivity contribution is 0.584. The van der Waals surface area contributed by atoms with Gasteiger partial charge in [-0.3, -0.25) is 4.79 Å². The van der Waals surface area contributed by atoms with Crippen LogP contribution in [0.25, 0.3) is 11.3 Å². The Kier molecular flexibility index (Phi) is 4.51. The van der Waals surface area contributed by atoms with Gasteiger partial charge in [-0.2, -0.15) is 5.10 Å². The summed E-state index contributed by atoms with van der Waals surface area (Å²) in [5.74, 6) is -1.36. The van der Waals surface area contributed by atoms with E-state index in [1.807, 2.05) is 13.8 Å². The predicted molar refractivity (Wildman–Crippen MR) is 61.6 cm³/mol. The van der Waals surface area contributed by atoms with Crippen LogP contribution in [-0.4, -0.2) is 10.2 Å². The van der Waals surface area contributed by atoms with Crippen molar-refractivity contribution in [1.29, 1.82) is 0 Å². The minimum absolute atomic E-state index is 0.281. The molecule has 0 radical (unpaired) electrons. The summed E-state index contributed by atoms with van der Waals surface area (Å²) >= 11 is 0. The van der Waals surface area contributed by atoms with Gasteiger partial charge in [0.2, 0.25) is 0 Å². The first-order valence-electron chi connectivity index (χ1n) is 5.17. The summed E-state index contributed by atoms with van der Waals surface area (Å²) in [6, 6.07) is 5.70. The molecule has 0 aliphatic rings. The first-order chi connectivity index (χ1) is 8.15. The number of benzene rings is 1. The van der Waals surface area contributed by atoms with Crippen molar-refractivity contribution in [2.24, 2.45) is 0 Å². The monoisotopic (exact) mass is 238 g/mol. The standard InChI is InChI=1S/C10H6F2N2O.C2H6/c11-7-3-6(4-8(12)5-7)9-1-2-10(15)14-13-9;1-2/h1-5H,(H,14,15);1-2H3. The number of aromatic nitrogens is 2. The van der Waals surface area contributed by atoms with E-state index in [1.54, 1.807) is 0 Å². The quantitative estimate of drug-likeness (QED) is 0.830. The summed E-state index contributed by atoms with van der Waals surface area (Å²) in [6.45, 7) is 4.00. The van der Waals surface area contributed by atoms with Gasteiger partial charge in [-0.15, -0.1) is 0 Å². The minimum atomic E-state index is -0.682. The largest absolute Gasteiger partial charge is 0.268 e. The van der Waals surface area contributed by atoms with Crippen LogP contribution in [0.4, 0.5) is 8.78 Å². The minimum Gasteiger partial charge on any atom is -0.268 e. The average Bonchev–Trinajstić information content (AvgIpc) is 2.31. The SMILES string of the molecule is CC.O=c1ccc(-c2cc(F)cc(F)c2)n[nH]1. The van der Waals surface area contributed by atoms with Crippen molar-refractivity contribution in [2.75, 3.05) is 0 Å². The average molecular weight is 238 g/mol.